The average Bonchev–Trinajstić information content (AvgIpc) is 2.17. The van der Waals surface area contributed by atoms with Gasteiger partial charge < -0.3 is 9.84 Å². The minimum Gasteiger partial charge on any atom is -0.466 e. The van der Waals surface area contributed by atoms with Gasteiger partial charge in [0.1, 0.15) is 0 Å². The van der Waals surface area contributed by atoms with Crippen molar-refractivity contribution in [2.45, 2.75) is 32.3 Å². The Labute approximate surface area is 84.1 Å². The van der Waals surface area contributed by atoms with Gasteiger partial charge in [-0.05, 0) is 19.8 Å². The summed E-state index contributed by atoms with van der Waals surface area (Å²) in [6.45, 7) is 2.24. The summed E-state index contributed by atoms with van der Waals surface area (Å²) in [5.74, 6) is -0.159. The molecular weight excluding hydrogens is 180 g/mol. The first-order valence-electron chi connectivity index (χ1n) is 4.93. The van der Waals surface area contributed by atoms with Crippen molar-refractivity contribution in [3.63, 3.8) is 0 Å². The molecule has 0 saturated heterocycles. The van der Waals surface area contributed by atoms with Crippen LogP contribution in [0.1, 0.15) is 26.2 Å². The Morgan fingerprint density at radius 3 is 3.07 bits per heavy atom. The van der Waals surface area contributed by atoms with E-state index in [-0.39, 0.29) is 12.1 Å². The lowest BCUT2D eigenvalue weighted by molar-refractivity contribution is -0.143. The molecule has 0 aromatic carbocycles. The standard InChI is InChI=1S/C11H16O3/c1-2-14-11(13)8-5-9-3-6-10(12)7-4-9/h3-4,6,10,12H,2,5,7-8H2,1H3. The lowest BCUT2D eigenvalue weighted by Gasteiger charge is -2.10. The highest BCUT2D eigenvalue weighted by molar-refractivity contribution is 5.69. The van der Waals surface area contributed by atoms with Crippen molar-refractivity contribution in [1.82, 2.24) is 0 Å². The summed E-state index contributed by atoms with van der Waals surface area (Å²) in [4.78, 5) is 11.0. The summed E-state index contributed by atoms with van der Waals surface area (Å²) in [6, 6.07) is 0. The van der Waals surface area contributed by atoms with E-state index in [1.54, 1.807) is 13.0 Å². The maximum atomic E-state index is 11.0. The minimum atomic E-state index is -0.360. The van der Waals surface area contributed by atoms with Crippen LogP contribution in [0.15, 0.2) is 23.8 Å². The van der Waals surface area contributed by atoms with Gasteiger partial charge in [0.25, 0.3) is 0 Å². The Bertz CT molecular complexity index is 253. The van der Waals surface area contributed by atoms with Gasteiger partial charge in [0, 0.05) is 6.42 Å². The Kier molecular flexibility index (Phi) is 4.40. The quantitative estimate of drug-likeness (QED) is 0.694. The smallest absolute Gasteiger partial charge is 0.306 e. The summed E-state index contributed by atoms with van der Waals surface area (Å²) in [5.41, 5.74) is 1.10. The number of hydrogen-bond donors (Lipinski definition) is 1. The molecule has 0 radical (unpaired) electrons. The molecule has 0 amide bonds. The van der Waals surface area contributed by atoms with Gasteiger partial charge in [-0.3, -0.25) is 4.79 Å². The van der Waals surface area contributed by atoms with Crippen LogP contribution < -0.4 is 0 Å². The molecule has 0 heterocycles. The first-order chi connectivity index (χ1) is 6.72. The summed E-state index contributed by atoms with van der Waals surface area (Å²) in [6.07, 6.45) is 6.98. The van der Waals surface area contributed by atoms with Gasteiger partial charge in [0.05, 0.1) is 12.7 Å². The van der Waals surface area contributed by atoms with Crippen LogP contribution in [0, 0.1) is 0 Å². The first-order valence-corrected chi connectivity index (χ1v) is 4.93. The molecule has 3 heteroatoms. The first kappa shape index (κ1) is 11.0. The second-order valence-corrected chi connectivity index (χ2v) is 3.25. The van der Waals surface area contributed by atoms with Gasteiger partial charge in [-0.2, -0.15) is 0 Å². The molecule has 0 aromatic heterocycles. The van der Waals surface area contributed by atoms with Crippen LogP contribution in [0.4, 0.5) is 0 Å². The molecule has 1 atom stereocenters. The summed E-state index contributed by atoms with van der Waals surface area (Å²) >= 11 is 0. The number of ether oxygens (including phenoxy) is 1. The van der Waals surface area contributed by atoms with Crippen LogP contribution in [-0.4, -0.2) is 23.8 Å². The molecule has 3 nitrogen and oxygen atoms in total. The van der Waals surface area contributed by atoms with E-state index in [4.69, 9.17) is 9.84 Å². The molecule has 0 aliphatic heterocycles. The maximum absolute atomic E-state index is 11.0. The Morgan fingerprint density at radius 2 is 2.50 bits per heavy atom. The number of aliphatic hydroxyl groups is 1. The largest absolute Gasteiger partial charge is 0.466 e. The maximum Gasteiger partial charge on any atom is 0.306 e. The van der Waals surface area contributed by atoms with Gasteiger partial charge in [-0.15, -0.1) is 0 Å². The third-order valence-electron chi connectivity index (χ3n) is 2.08. The second kappa shape index (κ2) is 5.60. The number of hydrogen-bond acceptors (Lipinski definition) is 3. The zero-order valence-corrected chi connectivity index (χ0v) is 8.40. The van der Waals surface area contributed by atoms with E-state index >= 15 is 0 Å². The lowest BCUT2D eigenvalue weighted by Crippen LogP contribution is -2.07. The van der Waals surface area contributed by atoms with Crippen LogP contribution in [-0.2, 0) is 9.53 Å². The normalized spacial score (nSPS) is 20.4. The zero-order valence-electron chi connectivity index (χ0n) is 8.40. The third-order valence-corrected chi connectivity index (χ3v) is 2.08. The molecule has 14 heavy (non-hydrogen) atoms. The molecule has 0 aromatic rings. The van der Waals surface area contributed by atoms with Gasteiger partial charge in [-0.1, -0.05) is 23.8 Å². The molecular formula is C11H16O3. The Balaban J connectivity index is 2.26. The van der Waals surface area contributed by atoms with Crippen LogP contribution >= 0.6 is 0 Å². The molecule has 1 aliphatic carbocycles. The van der Waals surface area contributed by atoms with Crippen molar-refractivity contribution in [3.8, 4) is 0 Å². The van der Waals surface area contributed by atoms with E-state index in [0.717, 1.165) is 5.57 Å². The monoisotopic (exact) mass is 196 g/mol. The highest BCUT2D eigenvalue weighted by atomic mass is 16.5. The van der Waals surface area contributed by atoms with Crippen LogP contribution in [0.3, 0.4) is 0 Å². The number of aliphatic hydroxyl groups excluding tert-OH is 1. The number of allylic oxidation sites excluding steroid dienone is 2. The van der Waals surface area contributed by atoms with E-state index < -0.39 is 0 Å². The van der Waals surface area contributed by atoms with Crippen molar-refractivity contribution in [1.29, 1.82) is 0 Å². The number of carbonyl (C=O) groups is 1. The highest BCUT2D eigenvalue weighted by Crippen LogP contribution is 2.15. The van der Waals surface area contributed by atoms with E-state index in [1.165, 1.54) is 0 Å². The van der Waals surface area contributed by atoms with Crippen LogP contribution in [0.5, 0.6) is 0 Å². The molecule has 0 spiro atoms. The SMILES string of the molecule is CCOC(=O)CCC1=CCC(O)C=C1. The predicted octanol–water partition coefficient (Wildman–Crippen LogP) is 1.58. The fourth-order valence-electron chi connectivity index (χ4n) is 1.32. The molecule has 0 saturated carbocycles. The van der Waals surface area contributed by atoms with Crippen molar-refractivity contribution in [2.24, 2.45) is 0 Å². The van der Waals surface area contributed by atoms with Crippen molar-refractivity contribution in [2.75, 3.05) is 6.61 Å². The summed E-state index contributed by atoms with van der Waals surface area (Å²) < 4.78 is 4.81. The summed E-state index contributed by atoms with van der Waals surface area (Å²) in [7, 11) is 0. The fourth-order valence-corrected chi connectivity index (χ4v) is 1.32. The minimum absolute atomic E-state index is 0.159. The van der Waals surface area contributed by atoms with Gasteiger partial charge >= 0.3 is 5.97 Å². The molecule has 0 fully saturated rings. The van der Waals surface area contributed by atoms with Gasteiger partial charge in [0.15, 0.2) is 0 Å². The fraction of sp³-hybridized carbons (Fsp3) is 0.545. The molecule has 78 valence electrons. The van der Waals surface area contributed by atoms with Gasteiger partial charge in [-0.25, -0.2) is 0 Å². The molecule has 1 rings (SSSR count). The highest BCUT2D eigenvalue weighted by Gasteiger charge is 2.07. The second-order valence-electron chi connectivity index (χ2n) is 3.25. The zero-order chi connectivity index (χ0) is 10.4. The lowest BCUT2D eigenvalue weighted by atomic mass is 10.0. The van der Waals surface area contributed by atoms with Crippen molar-refractivity contribution >= 4 is 5.97 Å². The molecule has 1 aliphatic rings. The van der Waals surface area contributed by atoms with Gasteiger partial charge in [0.2, 0.25) is 0 Å². The average molecular weight is 196 g/mol. The predicted molar refractivity (Wildman–Crippen MR) is 53.7 cm³/mol. The number of esters is 1. The van der Waals surface area contributed by atoms with E-state index in [9.17, 15) is 4.79 Å². The van der Waals surface area contributed by atoms with E-state index in [0.29, 0.717) is 25.9 Å². The molecule has 1 unspecified atom stereocenters. The summed E-state index contributed by atoms with van der Waals surface area (Å²) in [5, 5.41) is 9.17. The van der Waals surface area contributed by atoms with Crippen molar-refractivity contribution in [3.05, 3.63) is 23.8 Å². The topological polar surface area (TPSA) is 46.5 Å². The molecule has 0 bridgehead atoms. The van der Waals surface area contributed by atoms with E-state index in [1.807, 2.05) is 12.2 Å². The van der Waals surface area contributed by atoms with Crippen LogP contribution in [0.2, 0.25) is 0 Å². The Morgan fingerprint density at radius 1 is 1.71 bits per heavy atom. The van der Waals surface area contributed by atoms with Crippen LogP contribution in [0.25, 0.3) is 0 Å². The van der Waals surface area contributed by atoms with E-state index in [2.05, 4.69) is 0 Å². The molecule has 1 N–H and O–H groups in total. The number of rotatable bonds is 4. The number of carbonyl (C=O) groups excluding carboxylic acids is 1. The van der Waals surface area contributed by atoms with Crippen molar-refractivity contribution < 1.29 is 14.6 Å². The Hall–Kier alpha value is -1.09. The third kappa shape index (κ3) is 3.75.